The Morgan fingerprint density at radius 1 is 0.667 bits per heavy atom. The second-order valence-electron chi connectivity index (χ2n) is 9.95. The van der Waals surface area contributed by atoms with Gasteiger partial charge in [-0.1, -0.05) is 87.5 Å². The molecule has 1 saturated heterocycles. The molecule has 1 fully saturated rings. The zero-order valence-electron chi connectivity index (χ0n) is 19.8. The number of hydrogen-bond acceptors (Lipinski definition) is 4. The van der Waals surface area contributed by atoms with E-state index in [4.69, 9.17) is 5.10 Å². The first kappa shape index (κ1) is 21.4. The van der Waals surface area contributed by atoms with Crippen molar-refractivity contribution in [1.82, 2.24) is 10.2 Å². The lowest BCUT2D eigenvalue weighted by Crippen LogP contribution is -2.47. The van der Waals surface area contributed by atoms with E-state index < -0.39 is 0 Å². The van der Waals surface area contributed by atoms with Crippen LogP contribution in [0.2, 0.25) is 0 Å². The predicted octanol–water partition coefficient (Wildman–Crippen LogP) is 5.84. The quantitative estimate of drug-likeness (QED) is 0.402. The SMILES string of the molecule is CC(C)(C)c1ccc(N2CCN(c3nnc(Cc4ccccc4)c4ccccc34)CC2)cc1. The van der Waals surface area contributed by atoms with Crippen molar-refractivity contribution >= 4 is 22.3 Å². The fraction of sp³-hybridized carbons (Fsp3) is 0.310. The molecule has 33 heavy (non-hydrogen) atoms. The van der Waals surface area contributed by atoms with Gasteiger partial charge >= 0.3 is 0 Å². The molecule has 5 rings (SSSR count). The van der Waals surface area contributed by atoms with Crippen LogP contribution in [0.4, 0.5) is 11.5 Å². The summed E-state index contributed by atoms with van der Waals surface area (Å²) in [5.74, 6) is 1.00. The van der Waals surface area contributed by atoms with Gasteiger partial charge in [-0.15, -0.1) is 5.10 Å². The first-order valence-corrected chi connectivity index (χ1v) is 11.9. The van der Waals surface area contributed by atoms with Crippen LogP contribution < -0.4 is 9.80 Å². The van der Waals surface area contributed by atoms with Crippen LogP contribution in [-0.4, -0.2) is 36.4 Å². The van der Waals surface area contributed by atoms with Crippen molar-refractivity contribution in [3.63, 3.8) is 0 Å². The molecule has 0 amide bonds. The van der Waals surface area contributed by atoms with Gasteiger partial charge in [0.05, 0.1) is 5.69 Å². The predicted molar refractivity (Wildman–Crippen MR) is 138 cm³/mol. The van der Waals surface area contributed by atoms with Gasteiger partial charge in [0.15, 0.2) is 5.82 Å². The van der Waals surface area contributed by atoms with Gasteiger partial charge in [-0.25, -0.2) is 0 Å². The molecule has 0 saturated carbocycles. The Bertz CT molecular complexity index is 1220. The Balaban J connectivity index is 1.34. The molecule has 0 N–H and O–H groups in total. The number of hydrogen-bond donors (Lipinski definition) is 0. The molecule has 2 heterocycles. The van der Waals surface area contributed by atoms with Gasteiger partial charge in [0, 0.05) is 49.1 Å². The van der Waals surface area contributed by atoms with Gasteiger partial charge in [-0.3, -0.25) is 0 Å². The van der Waals surface area contributed by atoms with Crippen LogP contribution in [0.15, 0.2) is 78.9 Å². The summed E-state index contributed by atoms with van der Waals surface area (Å²) in [6, 6.07) is 28.2. The van der Waals surface area contributed by atoms with Crippen LogP contribution in [0.25, 0.3) is 10.8 Å². The van der Waals surface area contributed by atoms with Crippen molar-refractivity contribution in [3.8, 4) is 0 Å². The molecule has 4 heteroatoms. The number of fused-ring (bicyclic) bond motifs is 1. The third-order valence-electron chi connectivity index (χ3n) is 6.64. The highest BCUT2D eigenvalue weighted by Crippen LogP contribution is 2.29. The summed E-state index contributed by atoms with van der Waals surface area (Å²) in [5, 5.41) is 11.8. The average Bonchev–Trinajstić information content (AvgIpc) is 2.85. The van der Waals surface area contributed by atoms with E-state index in [9.17, 15) is 0 Å². The van der Waals surface area contributed by atoms with Crippen LogP contribution in [-0.2, 0) is 11.8 Å². The molecule has 4 aromatic rings. The van der Waals surface area contributed by atoms with Gasteiger partial charge in [0.2, 0.25) is 0 Å². The Kier molecular flexibility index (Phi) is 5.76. The molecule has 0 unspecified atom stereocenters. The number of nitrogens with zero attached hydrogens (tertiary/aromatic N) is 4. The zero-order chi connectivity index (χ0) is 22.8. The second kappa shape index (κ2) is 8.86. The molecule has 0 atom stereocenters. The standard InChI is InChI=1S/C29H32N4/c1-29(2,3)23-13-15-24(16-14-23)32-17-19-33(20-18-32)28-26-12-8-7-11-25(26)27(30-31-28)21-22-9-5-4-6-10-22/h4-16H,17-21H2,1-3H3. The monoisotopic (exact) mass is 436 g/mol. The lowest BCUT2D eigenvalue weighted by Gasteiger charge is -2.37. The first-order valence-electron chi connectivity index (χ1n) is 11.9. The van der Waals surface area contributed by atoms with Crippen LogP contribution in [0.1, 0.15) is 37.6 Å². The summed E-state index contributed by atoms with van der Waals surface area (Å²) in [6.45, 7) is 10.6. The highest BCUT2D eigenvalue weighted by atomic mass is 15.3. The lowest BCUT2D eigenvalue weighted by molar-refractivity contribution is 0.589. The maximum atomic E-state index is 4.72. The van der Waals surface area contributed by atoms with Crippen LogP contribution in [0.5, 0.6) is 0 Å². The zero-order valence-corrected chi connectivity index (χ0v) is 19.8. The number of aromatic nitrogens is 2. The number of anilines is 2. The van der Waals surface area contributed by atoms with Crippen LogP contribution in [0, 0.1) is 0 Å². The smallest absolute Gasteiger partial charge is 0.159 e. The van der Waals surface area contributed by atoms with E-state index >= 15 is 0 Å². The van der Waals surface area contributed by atoms with Crippen molar-refractivity contribution in [3.05, 3.63) is 95.7 Å². The number of benzene rings is 3. The minimum absolute atomic E-state index is 0.184. The molecule has 168 valence electrons. The highest BCUT2D eigenvalue weighted by Gasteiger charge is 2.22. The van der Waals surface area contributed by atoms with E-state index in [1.165, 1.54) is 27.6 Å². The fourth-order valence-corrected chi connectivity index (χ4v) is 4.65. The third-order valence-corrected chi connectivity index (χ3v) is 6.64. The van der Waals surface area contributed by atoms with Crippen LogP contribution in [0.3, 0.4) is 0 Å². The highest BCUT2D eigenvalue weighted by molar-refractivity contribution is 5.93. The van der Waals surface area contributed by atoms with E-state index in [0.717, 1.165) is 44.1 Å². The van der Waals surface area contributed by atoms with Crippen molar-refractivity contribution in [2.45, 2.75) is 32.6 Å². The van der Waals surface area contributed by atoms with Gasteiger partial charge < -0.3 is 9.80 Å². The van der Waals surface area contributed by atoms with E-state index in [1.54, 1.807) is 0 Å². The normalized spacial score (nSPS) is 14.6. The third kappa shape index (κ3) is 4.56. The van der Waals surface area contributed by atoms with Gasteiger partial charge in [0.25, 0.3) is 0 Å². The Morgan fingerprint density at radius 3 is 1.94 bits per heavy atom. The largest absolute Gasteiger partial charge is 0.368 e. The van der Waals surface area contributed by atoms with E-state index in [0.29, 0.717) is 0 Å². The van der Waals surface area contributed by atoms with Crippen LogP contribution >= 0.6 is 0 Å². The maximum Gasteiger partial charge on any atom is 0.159 e. The summed E-state index contributed by atoms with van der Waals surface area (Å²) in [4.78, 5) is 4.87. The second-order valence-corrected chi connectivity index (χ2v) is 9.95. The Hall–Kier alpha value is -3.40. The molecule has 0 aliphatic carbocycles. The summed E-state index contributed by atoms with van der Waals surface area (Å²) in [7, 11) is 0. The summed E-state index contributed by atoms with van der Waals surface area (Å²) < 4.78 is 0. The fourth-order valence-electron chi connectivity index (χ4n) is 4.65. The molecule has 1 aliphatic rings. The Morgan fingerprint density at radius 2 is 1.27 bits per heavy atom. The van der Waals surface area contributed by atoms with Crippen molar-refractivity contribution in [1.29, 1.82) is 0 Å². The maximum absolute atomic E-state index is 4.72. The van der Waals surface area contributed by atoms with Gasteiger partial charge in [0.1, 0.15) is 0 Å². The van der Waals surface area contributed by atoms with E-state index in [1.807, 2.05) is 0 Å². The minimum Gasteiger partial charge on any atom is -0.368 e. The molecule has 4 nitrogen and oxygen atoms in total. The molecule has 0 spiro atoms. The summed E-state index contributed by atoms with van der Waals surface area (Å²) >= 11 is 0. The van der Waals surface area contributed by atoms with Gasteiger partial charge in [-0.2, -0.15) is 5.10 Å². The molecular formula is C29H32N4. The first-order chi connectivity index (χ1) is 16.0. The molecule has 1 aromatic heterocycles. The minimum atomic E-state index is 0.184. The summed E-state index contributed by atoms with van der Waals surface area (Å²) in [5.41, 5.74) is 5.16. The van der Waals surface area contributed by atoms with Gasteiger partial charge in [-0.05, 0) is 28.7 Å². The topological polar surface area (TPSA) is 32.3 Å². The van der Waals surface area contributed by atoms with E-state index in [2.05, 4.69) is 115 Å². The van der Waals surface area contributed by atoms with Crippen molar-refractivity contribution in [2.24, 2.45) is 0 Å². The van der Waals surface area contributed by atoms with Crippen molar-refractivity contribution < 1.29 is 0 Å². The molecule has 1 aliphatic heterocycles. The summed E-state index contributed by atoms with van der Waals surface area (Å²) in [6.07, 6.45) is 0.799. The molecule has 0 bridgehead atoms. The lowest BCUT2D eigenvalue weighted by atomic mass is 9.87. The average molecular weight is 437 g/mol. The number of rotatable bonds is 4. The molecular weight excluding hydrogens is 404 g/mol. The van der Waals surface area contributed by atoms with E-state index in [-0.39, 0.29) is 5.41 Å². The molecule has 3 aromatic carbocycles. The van der Waals surface area contributed by atoms with Crippen molar-refractivity contribution in [2.75, 3.05) is 36.0 Å². The Labute approximate surface area is 196 Å². The number of piperazine rings is 1. The molecule has 0 radical (unpaired) electrons.